The van der Waals surface area contributed by atoms with Gasteiger partial charge in [0.2, 0.25) is 15.9 Å². The number of nitrogens with zero attached hydrogens (tertiary/aromatic N) is 2. The second kappa shape index (κ2) is 9.12. The number of alkyl halides is 3. The van der Waals surface area contributed by atoms with Crippen molar-refractivity contribution in [1.82, 2.24) is 9.29 Å². The van der Waals surface area contributed by atoms with Gasteiger partial charge in [0.1, 0.15) is 9.77 Å². The number of hydrogen-bond acceptors (Lipinski definition) is 6. The first kappa shape index (κ1) is 23.2. The Labute approximate surface area is 191 Å². The lowest BCUT2D eigenvalue weighted by Crippen LogP contribution is -2.36. The predicted octanol–water partition coefficient (Wildman–Crippen LogP) is 4.08. The summed E-state index contributed by atoms with van der Waals surface area (Å²) in [6.07, 6.45) is -2.78. The zero-order valence-corrected chi connectivity index (χ0v) is 18.6. The molecule has 2 aromatic heterocycles. The quantitative estimate of drug-likeness (QED) is 0.555. The van der Waals surface area contributed by atoms with Crippen molar-refractivity contribution in [2.45, 2.75) is 24.0 Å². The number of sulfonamides is 1. The Morgan fingerprint density at radius 1 is 1.15 bits per heavy atom. The SMILES string of the molecule is O=C(Nc1ccc(OCC(F)(F)F)nc1)c1sccc1S(=O)(=O)N1CCc2ccccc2C1. The smallest absolute Gasteiger partial charge is 0.422 e. The van der Waals surface area contributed by atoms with Gasteiger partial charge in [0, 0.05) is 19.2 Å². The number of thiophene rings is 1. The van der Waals surface area contributed by atoms with E-state index in [2.05, 4.69) is 15.0 Å². The fourth-order valence-corrected chi connectivity index (χ4v) is 6.08. The van der Waals surface area contributed by atoms with Crippen LogP contribution in [-0.4, -0.2) is 42.9 Å². The van der Waals surface area contributed by atoms with E-state index in [1.165, 1.54) is 27.9 Å². The van der Waals surface area contributed by atoms with Crippen LogP contribution >= 0.6 is 11.3 Å². The molecule has 0 aliphatic carbocycles. The number of aromatic nitrogens is 1. The van der Waals surface area contributed by atoms with E-state index >= 15 is 0 Å². The topological polar surface area (TPSA) is 88.6 Å². The molecule has 1 aliphatic heterocycles. The van der Waals surface area contributed by atoms with Crippen LogP contribution in [0.3, 0.4) is 0 Å². The summed E-state index contributed by atoms with van der Waals surface area (Å²) in [5.74, 6) is -0.915. The molecule has 0 fully saturated rings. The summed E-state index contributed by atoms with van der Waals surface area (Å²) in [6.45, 7) is -0.957. The molecule has 3 heterocycles. The van der Waals surface area contributed by atoms with Gasteiger partial charge < -0.3 is 10.1 Å². The normalized spacial score (nSPS) is 14.5. The highest BCUT2D eigenvalue weighted by atomic mass is 32.2. The van der Waals surface area contributed by atoms with E-state index in [1.54, 1.807) is 0 Å². The van der Waals surface area contributed by atoms with Crippen LogP contribution in [0.15, 0.2) is 58.9 Å². The van der Waals surface area contributed by atoms with Gasteiger partial charge in [-0.25, -0.2) is 13.4 Å². The fourth-order valence-electron chi connectivity index (χ4n) is 3.36. The molecule has 0 spiro atoms. The first-order chi connectivity index (χ1) is 15.6. The molecule has 1 N–H and O–H groups in total. The maximum atomic E-state index is 13.3. The molecule has 12 heteroatoms. The van der Waals surface area contributed by atoms with Gasteiger partial charge in [-0.2, -0.15) is 17.5 Å². The minimum atomic E-state index is -4.49. The molecule has 7 nitrogen and oxygen atoms in total. The number of carbonyl (C=O) groups is 1. The van der Waals surface area contributed by atoms with Crippen molar-refractivity contribution in [3.63, 3.8) is 0 Å². The van der Waals surface area contributed by atoms with E-state index in [-0.39, 0.29) is 27.9 Å². The second-order valence-electron chi connectivity index (χ2n) is 7.21. The molecular weight excluding hydrogens is 479 g/mol. The molecular formula is C21H18F3N3O4S2. The van der Waals surface area contributed by atoms with Crippen molar-refractivity contribution in [1.29, 1.82) is 0 Å². The van der Waals surface area contributed by atoms with Crippen molar-refractivity contribution in [3.8, 4) is 5.88 Å². The largest absolute Gasteiger partial charge is 0.468 e. The number of rotatable bonds is 6. The molecule has 0 atom stereocenters. The summed E-state index contributed by atoms with van der Waals surface area (Å²) < 4.78 is 69.1. The zero-order valence-electron chi connectivity index (χ0n) is 17.0. The number of amides is 1. The van der Waals surface area contributed by atoms with Gasteiger partial charge in [-0.05, 0) is 35.1 Å². The average Bonchev–Trinajstić information content (AvgIpc) is 3.29. The van der Waals surface area contributed by atoms with Crippen LogP contribution in [0.1, 0.15) is 20.8 Å². The highest BCUT2D eigenvalue weighted by Crippen LogP contribution is 2.30. The Morgan fingerprint density at radius 3 is 2.61 bits per heavy atom. The number of carbonyl (C=O) groups excluding carboxylic acids is 1. The Balaban J connectivity index is 1.47. The van der Waals surface area contributed by atoms with Crippen molar-refractivity contribution < 1.29 is 31.1 Å². The summed E-state index contributed by atoms with van der Waals surface area (Å²) in [7, 11) is -3.92. The van der Waals surface area contributed by atoms with Gasteiger partial charge >= 0.3 is 6.18 Å². The van der Waals surface area contributed by atoms with Gasteiger partial charge in [-0.1, -0.05) is 24.3 Å². The van der Waals surface area contributed by atoms with E-state index in [0.717, 1.165) is 28.7 Å². The van der Waals surface area contributed by atoms with E-state index in [0.29, 0.717) is 13.0 Å². The van der Waals surface area contributed by atoms with Crippen molar-refractivity contribution >= 4 is 33.0 Å². The third-order valence-electron chi connectivity index (χ3n) is 4.93. The third-order valence-corrected chi connectivity index (χ3v) is 7.86. The molecule has 1 amide bonds. The highest BCUT2D eigenvalue weighted by Gasteiger charge is 2.32. The van der Waals surface area contributed by atoms with Crippen LogP contribution in [0, 0.1) is 0 Å². The Bertz CT molecular complexity index is 1260. The molecule has 1 aliphatic rings. The first-order valence-corrected chi connectivity index (χ1v) is 12.1. The predicted molar refractivity (Wildman–Crippen MR) is 116 cm³/mol. The number of halogens is 3. The van der Waals surface area contributed by atoms with Gasteiger partial charge in [-0.15, -0.1) is 11.3 Å². The van der Waals surface area contributed by atoms with Crippen LogP contribution in [-0.2, 0) is 23.0 Å². The summed E-state index contributed by atoms with van der Waals surface area (Å²) >= 11 is 0.979. The van der Waals surface area contributed by atoms with Crippen LogP contribution in [0.5, 0.6) is 5.88 Å². The van der Waals surface area contributed by atoms with Crippen LogP contribution in [0.4, 0.5) is 18.9 Å². The first-order valence-electron chi connectivity index (χ1n) is 9.75. The van der Waals surface area contributed by atoms with Gasteiger partial charge in [0.05, 0.1) is 11.9 Å². The molecule has 0 bridgehead atoms. The minimum Gasteiger partial charge on any atom is -0.468 e. The lowest BCUT2D eigenvalue weighted by atomic mass is 10.0. The molecule has 1 aromatic carbocycles. The van der Waals surface area contributed by atoms with Crippen LogP contribution in [0.2, 0.25) is 0 Å². The standard InChI is InChI=1S/C21H18F3N3O4S2/c22-21(23,24)13-31-18-6-5-16(11-25-18)26-20(28)19-17(8-10-32-19)33(29,30)27-9-7-14-3-1-2-4-15(14)12-27/h1-6,8,10-11H,7,9,12-13H2,(H,26,28). The second-order valence-corrected chi connectivity index (χ2v) is 10.0. The number of fused-ring (bicyclic) bond motifs is 1. The Morgan fingerprint density at radius 2 is 1.91 bits per heavy atom. The molecule has 0 radical (unpaired) electrons. The van der Waals surface area contributed by atoms with Crippen LogP contribution < -0.4 is 10.1 Å². The average molecular weight is 498 g/mol. The maximum absolute atomic E-state index is 13.3. The molecule has 3 aromatic rings. The summed E-state index contributed by atoms with van der Waals surface area (Å²) in [6, 6.07) is 11.5. The summed E-state index contributed by atoms with van der Waals surface area (Å²) in [5, 5.41) is 4.04. The maximum Gasteiger partial charge on any atom is 0.422 e. The number of nitrogens with one attached hydrogen (secondary N) is 1. The van der Waals surface area contributed by atoms with Gasteiger partial charge in [0.15, 0.2) is 6.61 Å². The monoisotopic (exact) mass is 497 g/mol. The number of hydrogen-bond donors (Lipinski definition) is 1. The third kappa shape index (κ3) is 5.34. The number of benzene rings is 1. The highest BCUT2D eigenvalue weighted by molar-refractivity contribution is 7.89. The molecule has 33 heavy (non-hydrogen) atoms. The molecule has 0 saturated heterocycles. The van der Waals surface area contributed by atoms with Crippen molar-refractivity contribution in [2.75, 3.05) is 18.5 Å². The lowest BCUT2D eigenvalue weighted by Gasteiger charge is -2.28. The van der Waals surface area contributed by atoms with Crippen molar-refractivity contribution in [2.24, 2.45) is 0 Å². The van der Waals surface area contributed by atoms with E-state index < -0.39 is 28.7 Å². The van der Waals surface area contributed by atoms with E-state index in [1.807, 2.05) is 24.3 Å². The molecule has 0 saturated carbocycles. The summed E-state index contributed by atoms with van der Waals surface area (Å²) in [5.41, 5.74) is 2.21. The molecule has 4 rings (SSSR count). The van der Waals surface area contributed by atoms with Gasteiger partial charge in [0.25, 0.3) is 5.91 Å². The summed E-state index contributed by atoms with van der Waals surface area (Å²) in [4.78, 5) is 16.4. The van der Waals surface area contributed by atoms with E-state index in [9.17, 15) is 26.4 Å². The number of pyridine rings is 1. The minimum absolute atomic E-state index is 0.00579. The Kier molecular flexibility index (Phi) is 6.41. The fraction of sp³-hybridized carbons (Fsp3) is 0.238. The lowest BCUT2D eigenvalue weighted by molar-refractivity contribution is -0.154. The van der Waals surface area contributed by atoms with Gasteiger partial charge in [-0.3, -0.25) is 4.79 Å². The number of anilines is 1. The molecule has 174 valence electrons. The van der Waals surface area contributed by atoms with Crippen molar-refractivity contribution in [3.05, 3.63) is 70.0 Å². The Hall–Kier alpha value is -2.96. The van der Waals surface area contributed by atoms with E-state index in [4.69, 9.17) is 0 Å². The van der Waals surface area contributed by atoms with Crippen LogP contribution in [0.25, 0.3) is 0 Å². The molecule has 0 unspecified atom stereocenters. The number of ether oxygens (including phenoxy) is 1. The zero-order chi connectivity index (χ0) is 23.6.